The molecule has 12 heteroatoms. The Morgan fingerprint density at radius 1 is 1.18 bits per heavy atom. The number of rotatable bonds is 7. The predicted molar refractivity (Wildman–Crippen MR) is 119 cm³/mol. The van der Waals surface area contributed by atoms with Crippen LogP contribution in [0.5, 0.6) is 5.75 Å². The lowest BCUT2D eigenvalue weighted by molar-refractivity contribution is -0.274. The molecule has 0 aliphatic carbocycles. The van der Waals surface area contributed by atoms with E-state index in [4.69, 9.17) is 5.73 Å². The Balaban J connectivity index is 1.57. The van der Waals surface area contributed by atoms with E-state index in [1.807, 2.05) is 0 Å². The van der Waals surface area contributed by atoms with Crippen molar-refractivity contribution >= 4 is 29.2 Å². The number of nitrogens with one attached hydrogen (secondary N) is 2. The molecule has 33 heavy (non-hydrogen) atoms. The van der Waals surface area contributed by atoms with Crippen LogP contribution in [0.3, 0.4) is 0 Å². The minimum atomic E-state index is -4.77. The standard InChI is InChI=1S/C21H22F5N5OS/c22-16-10-18(17(23)9-14(16)12-29-30-20(27)33)31-7-5-15(6-8-31)28-11-13-3-1-2-4-19(13)32-21(24,25)26/h1-4,9-10,12,15,28H,5-8,11H2,(H3,27,30,33)/b29-12+. The molecule has 0 atom stereocenters. The van der Waals surface area contributed by atoms with Crippen LogP contribution in [-0.4, -0.2) is 36.8 Å². The highest BCUT2D eigenvalue weighted by Gasteiger charge is 2.32. The summed E-state index contributed by atoms with van der Waals surface area (Å²) >= 11 is 4.58. The van der Waals surface area contributed by atoms with Gasteiger partial charge in [-0.1, -0.05) is 18.2 Å². The Morgan fingerprint density at radius 3 is 2.55 bits per heavy atom. The lowest BCUT2D eigenvalue weighted by Crippen LogP contribution is -2.42. The van der Waals surface area contributed by atoms with Gasteiger partial charge in [-0.05, 0) is 37.2 Å². The van der Waals surface area contributed by atoms with Crippen LogP contribution in [0.15, 0.2) is 41.5 Å². The fourth-order valence-corrected chi connectivity index (χ4v) is 3.56. The van der Waals surface area contributed by atoms with Crippen molar-refractivity contribution in [1.29, 1.82) is 0 Å². The zero-order valence-electron chi connectivity index (χ0n) is 17.3. The largest absolute Gasteiger partial charge is 0.573 e. The molecular weight excluding hydrogens is 465 g/mol. The summed E-state index contributed by atoms with van der Waals surface area (Å²) in [7, 11) is 0. The monoisotopic (exact) mass is 487 g/mol. The second-order valence-corrected chi connectivity index (χ2v) is 7.80. The second kappa shape index (κ2) is 10.8. The minimum Gasteiger partial charge on any atom is -0.405 e. The Hall–Kier alpha value is -2.99. The Kier molecular flexibility index (Phi) is 8.03. The third-order valence-electron chi connectivity index (χ3n) is 5.06. The third kappa shape index (κ3) is 7.26. The number of alkyl halides is 3. The number of hydrazone groups is 1. The van der Waals surface area contributed by atoms with E-state index in [1.165, 1.54) is 12.1 Å². The molecule has 0 aromatic heterocycles. The fraction of sp³-hybridized carbons (Fsp3) is 0.333. The first-order valence-corrected chi connectivity index (χ1v) is 10.4. The molecule has 2 aromatic carbocycles. The van der Waals surface area contributed by atoms with Crippen molar-refractivity contribution in [2.45, 2.75) is 31.8 Å². The third-order valence-corrected chi connectivity index (χ3v) is 5.15. The molecule has 1 fully saturated rings. The van der Waals surface area contributed by atoms with Crippen molar-refractivity contribution in [2.75, 3.05) is 18.0 Å². The first kappa shape index (κ1) is 24.6. The second-order valence-electron chi connectivity index (χ2n) is 7.36. The number of piperidine rings is 1. The van der Waals surface area contributed by atoms with Crippen LogP contribution in [0, 0.1) is 11.6 Å². The molecule has 3 rings (SSSR count). The molecule has 0 unspecified atom stereocenters. The summed E-state index contributed by atoms with van der Waals surface area (Å²) in [5, 5.41) is 6.74. The first-order chi connectivity index (χ1) is 15.6. The summed E-state index contributed by atoms with van der Waals surface area (Å²) in [5.74, 6) is -1.50. The van der Waals surface area contributed by atoms with E-state index in [0.29, 0.717) is 31.5 Å². The number of thiocarbonyl (C=S) groups is 1. The van der Waals surface area contributed by atoms with E-state index in [1.54, 1.807) is 17.0 Å². The highest BCUT2D eigenvalue weighted by Crippen LogP contribution is 2.28. The molecule has 1 heterocycles. The van der Waals surface area contributed by atoms with Crippen molar-refractivity contribution < 1.29 is 26.7 Å². The quantitative estimate of drug-likeness (QED) is 0.239. The topological polar surface area (TPSA) is 74.9 Å². The molecule has 0 saturated carbocycles. The van der Waals surface area contributed by atoms with Crippen LogP contribution in [-0.2, 0) is 6.54 Å². The van der Waals surface area contributed by atoms with Gasteiger partial charge in [-0.2, -0.15) is 5.10 Å². The Morgan fingerprint density at radius 2 is 1.88 bits per heavy atom. The average Bonchev–Trinajstić information content (AvgIpc) is 2.74. The van der Waals surface area contributed by atoms with E-state index in [-0.39, 0.29) is 34.7 Å². The molecule has 2 aromatic rings. The molecule has 6 nitrogen and oxygen atoms in total. The normalized spacial score (nSPS) is 15.1. The van der Waals surface area contributed by atoms with Crippen molar-refractivity contribution in [3.8, 4) is 5.75 Å². The molecule has 0 amide bonds. The van der Waals surface area contributed by atoms with Gasteiger partial charge in [-0.3, -0.25) is 5.43 Å². The number of nitrogens with zero attached hydrogens (tertiary/aromatic N) is 2. The molecular formula is C21H22F5N5OS. The van der Waals surface area contributed by atoms with Crippen LogP contribution in [0.2, 0.25) is 0 Å². The van der Waals surface area contributed by atoms with Gasteiger partial charge >= 0.3 is 6.36 Å². The van der Waals surface area contributed by atoms with Gasteiger partial charge in [0.25, 0.3) is 0 Å². The van der Waals surface area contributed by atoms with E-state index in [2.05, 4.69) is 32.8 Å². The van der Waals surface area contributed by atoms with Gasteiger partial charge in [0, 0.05) is 42.9 Å². The van der Waals surface area contributed by atoms with Crippen LogP contribution in [0.1, 0.15) is 24.0 Å². The molecule has 1 aliphatic heterocycles. The lowest BCUT2D eigenvalue weighted by atomic mass is 10.0. The zero-order chi connectivity index (χ0) is 24.0. The number of nitrogens with two attached hydrogens (primary N) is 1. The number of ether oxygens (including phenoxy) is 1. The molecule has 1 saturated heterocycles. The molecule has 0 spiro atoms. The summed E-state index contributed by atoms with van der Waals surface area (Å²) in [6.45, 7) is 1.09. The summed E-state index contributed by atoms with van der Waals surface area (Å²) in [6, 6.07) is 8.08. The summed E-state index contributed by atoms with van der Waals surface area (Å²) < 4.78 is 70.7. The van der Waals surface area contributed by atoms with Crippen molar-refractivity contribution in [3.63, 3.8) is 0 Å². The van der Waals surface area contributed by atoms with Gasteiger partial charge in [0.05, 0.1) is 11.9 Å². The maximum atomic E-state index is 14.6. The molecule has 0 radical (unpaired) electrons. The molecule has 1 aliphatic rings. The Labute approximate surface area is 192 Å². The van der Waals surface area contributed by atoms with Crippen molar-refractivity contribution in [1.82, 2.24) is 10.7 Å². The maximum Gasteiger partial charge on any atom is 0.573 e. The number of anilines is 1. The van der Waals surface area contributed by atoms with Crippen molar-refractivity contribution in [3.05, 3.63) is 59.2 Å². The van der Waals surface area contributed by atoms with Gasteiger partial charge in [0.2, 0.25) is 0 Å². The maximum absolute atomic E-state index is 14.6. The van der Waals surface area contributed by atoms with E-state index < -0.39 is 18.0 Å². The van der Waals surface area contributed by atoms with Crippen molar-refractivity contribution in [2.24, 2.45) is 10.8 Å². The predicted octanol–water partition coefficient (Wildman–Crippen LogP) is 3.79. The number of hydrogen-bond donors (Lipinski definition) is 3. The van der Waals surface area contributed by atoms with Gasteiger partial charge in [-0.25, -0.2) is 8.78 Å². The van der Waals surface area contributed by atoms with Crippen LogP contribution >= 0.6 is 12.2 Å². The van der Waals surface area contributed by atoms with Gasteiger partial charge < -0.3 is 20.7 Å². The minimum absolute atomic E-state index is 0.00526. The molecule has 178 valence electrons. The van der Waals surface area contributed by atoms with Crippen LogP contribution in [0.4, 0.5) is 27.6 Å². The highest BCUT2D eigenvalue weighted by atomic mass is 32.1. The number of hydrogen-bond acceptors (Lipinski definition) is 5. The van der Waals surface area contributed by atoms with E-state index in [9.17, 15) is 22.0 Å². The van der Waals surface area contributed by atoms with Gasteiger partial charge in [-0.15, -0.1) is 13.2 Å². The molecule has 4 N–H and O–H groups in total. The zero-order valence-corrected chi connectivity index (χ0v) is 18.1. The van der Waals surface area contributed by atoms with E-state index >= 15 is 0 Å². The summed E-state index contributed by atoms with van der Waals surface area (Å²) in [4.78, 5) is 1.73. The molecule has 0 bridgehead atoms. The summed E-state index contributed by atoms with van der Waals surface area (Å²) in [6.07, 6.45) is -2.48. The number of benzene rings is 2. The van der Waals surface area contributed by atoms with Crippen LogP contribution < -0.4 is 26.1 Å². The van der Waals surface area contributed by atoms with Gasteiger partial charge in [0.1, 0.15) is 17.4 Å². The first-order valence-electron chi connectivity index (χ1n) is 10.0. The lowest BCUT2D eigenvalue weighted by Gasteiger charge is -2.34. The number of para-hydroxylation sites is 1. The Bertz CT molecular complexity index is 1010. The van der Waals surface area contributed by atoms with Gasteiger partial charge in [0.15, 0.2) is 5.11 Å². The fourth-order valence-electron chi connectivity index (χ4n) is 3.51. The smallest absolute Gasteiger partial charge is 0.405 e. The SMILES string of the molecule is NC(=S)N/N=C/c1cc(F)c(N2CCC(NCc3ccccc3OC(F)(F)F)CC2)cc1F. The average molecular weight is 487 g/mol. The van der Waals surface area contributed by atoms with Crippen LogP contribution in [0.25, 0.3) is 0 Å². The van der Waals surface area contributed by atoms with E-state index in [0.717, 1.165) is 18.3 Å². The highest BCUT2D eigenvalue weighted by molar-refractivity contribution is 7.80. The number of halogens is 5. The summed E-state index contributed by atoms with van der Waals surface area (Å²) in [5.41, 5.74) is 7.95.